The normalized spacial score (nSPS) is 22.2. The molecule has 1 aromatic carbocycles. The Balaban J connectivity index is 1.75. The van der Waals surface area contributed by atoms with Crippen LogP contribution in [0.2, 0.25) is 0 Å². The largest absolute Gasteiger partial charge is 0.371 e. The van der Waals surface area contributed by atoms with Gasteiger partial charge in [-0.3, -0.25) is 9.59 Å². The monoisotopic (exact) mass is 301 g/mol. The molecule has 118 valence electrons. The van der Waals surface area contributed by atoms with E-state index in [4.69, 9.17) is 5.73 Å². The molecule has 5 nitrogen and oxygen atoms in total. The number of primary amides is 1. The lowest BCUT2D eigenvalue weighted by Crippen LogP contribution is -2.32. The third kappa shape index (κ3) is 3.08. The molecule has 2 saturated heterocycles. The van der Waals surface area contributed by atoms with E-state index in [1.165, 1.54) is 24.9 Å². The van der Waals surface area contributed by atoms with Crippen molar-refractivity contribution >= 4 is 17.5 Å². The second kappa shape index (κ2) is 6.38. The van der Waals surface area contributed by atoms with Crippen molar-refractivity contribution < 1.29 is 9.59 Å². The number of nitrogens with zero attached hydrogens (tertiary/aromatic N) is 2. The summed E-state index contributed by atoms with van der Waals surface area (Å²) < 4.78 is 0. The number of nitrogens with two attached hydrogens (primary N) is 1. The van der Waals surface area contributed by atoms with Crippen LogP contribution in [-0.4, -0.2) is 36.3 Å². The predicted octanol–water partition coefficient (Wildman–Crippen LogP) is 1.51. The fourth-order valence-electron chi connectivity index (χ4n) is 3.41. The third-order valence-electron chi connectivity index (χ3n) is 4.67. The maximum atomic E-state index is 12.1. The highest BCUT2D eigenvalue weighted by Crippen LogP contribution is 2.27. The quantitative estimate of drug-likeness (QED) is 0.916. The summed E-state index contributed by atoms with van der Waals surface area (Å²) in [5, 5.41) is 0. The molecule has 22 heavy (non-hydrogen) atoms. The van der Waals surface area contributed by atoms with Crippen molar-refractivity contribution in [2.75, 3.05) is 24.5 Å². The fraction of sp³-hybridized carbons (Fsp3) is 0.529. The van der Waals surface area contributed by atoms with Crippen molar-refractivity contribution in [3.63, 3.8) is 0 Å². The molecule has 2 fully saturated rings. The summed E-state index contributed by atoms with van der Waals surface area (Å²) in [5.41, 5.74) is 7.71. The Labute approximate surface area is 131 Å². The minimum Gasteiger partial charge on any atom is -0.371 e. The standard InChI is InChI=1S/C17H23N3O2/c18-17(22)14-10-16(21)20(12-14)11-13-6-2-3-7-15(13)19-8-4-1-5-9-19/h2-3,6-7,14H,1,4-5,8-12H2,(H2,18,22). The van der Waals surface area contributed by atoms with E-state index in [9.17, 15) is 9.59 Å². The van der Waals surface area contributed by atoms with E-state index in [-0.39, 0.29) is 24.2 Å². The van der Waals surface area contributed by atoms with E-state index in [1.807, 2.05) is 12.1 Å². The van der Waals surface area contributed by atoms with Gasteiger partial charge < -0.3 is 15.5 Å². The number of carbonyl (C=O) groups is 2. The van der Waals surface area contributed by atoms with Crippen LogP contribution in [0.15, 0.2) is 24.3 Å². The average Bonchev–Trinajstić information content (AvgIpc) is 2.90. The number of para-hydroxylation sites is 1. The molecular formula is C17H23N3O2. The molecule has 1 unspecified atom stereocenters. The molecule has 2 aliphatic rings. The molecule has 0 radical (unpaired) electrons. The van der Waals surface area contributed by atoms with Gasteiger partial charge in [0.1, 0.15) is 0 Å². The Kier molecular flexibility index (Phi) is 4.32. The van der Waals surface area contributed by atoms with E-state index >= 15 is 0 Å². The summed E-state index contributed by atoms with van der Waals surface area (Å²) in [5.74, 6) is -0.688. The lowest BCUT2D eigenvalue weighted by atomic mass is 10.1. The van der Waals surface area contributed by atoms with Gasteiger partial charge in [-0.2, -0.15) is 0 Å². The van der Waals surface area contributed by atoms with Gasteiger partial charge >= 0.3 is 0 Å². The van der Waals surface area contributed by atoms with Gasteiger partial charge in [-0.15, -0.1) is 0 Å². The van der Waals surface area contributed by atoms with Crippen LogP contribution < -0.4 is 10.6 Å². The van der Waals surface area contributed by atoms with Crippen molar-refractivity contribution in [2.24, 2.45) is 11.7 Å². The summed E-state index contributed by atoms with van der Waals surface area (Å²) in [4.78, 5) is 27.5. The summed E-state index contributed by atoms with van der Waals surface area (Å²) >= 11 is 0. The lowest BCUT2D eigenvalue weighted by Gasteiger charge is -2.31. The molecular weight excluding hydrogens is 278 g/mol. The van der Waals surface area contributed by atoms with Crippen LogP contribution in [-0.2, 0) is 16.1 Å². The zero-order chi connectivity index (χ0) is 15.5. The van der Waals surface area contributed by atoms with E-state index in [2.05, 4.69) is 17.0 Å². The van der Waals surface area contributed by atoms with Crippen LogP contribution in [0, 0.1) is 5.92 Å². The number of hydrogen-bond acceptors (Lipinski definition) is 3. The van der Waals surface area contributed by atoms with Crippen molar-refractivity contribution in [3.05, 3.63) is 29.8 Å². The summed E-state index contributed by atoms with van der Waals surface area (Å²) in [7, 11) is 0. The number of rotatable bonds is 4. The van der Waals surface area contributed by atoms with E-state index in [0.29, 0.717) is 13.1 Å². The first kappa shape index (κ1) is 14.9. The maximum Gasteiger partial charge on any atom is 0.223 e. The average molecular weight is 301 g/mol. The summed E-state index contributed by atoms with van der Waals surface area (Å²) in [6.45, 7) is 3.17. The zero-order valence-corrected chi connectivity index (χ0v) is 12.8. The highest BCUT2D eigenvalue weighted by atomic mass is 16.2. The van der Waals surface area contributed by atoms with Gasteiger partial charge in [0.15, 0.2) is 0 Å². The fourth-order valence-corrected chi connectivity index (χ4v) is 3.41. The molecule has 3 rings (SSSR count). The number of amides is 2. The molecule has 2 amide bonds. The second-order valence-corrected chi connectivity index (χ2v) is 6.25. The summed E-state index contributed by atoms with van der Waals surface area (Å²) in [6.07, 6.45) is 3.99. The molecule has 2 N–H and O–H groups in total. The first-order chi connectivity index (χ1) is 10.6. The van der Waals surface area contributed by atoms with Crippen molar-refractivity contribution in [3.8, 4) is 0 Å². The third-order valence-corrected chi connectivity index (χ3v) is 4.67. The predicted molar refractivity (Wildman–Crippen MR) is 85.2 cm³/mol. The number of anilines is 1. The van der Waals surface area contributed by atoms with E-state index in [1.54, 1.807) is 4.90 Å². The van der Waals surface area contributed by atoms with Crippen LogP contribution in [0.5, 0.6) is 0 Å². The van der Waals surface area contributed by atoms with Crippen LogP contribution in [0.1, 0.15) is 31.2 Å². The van der Waals surface area contributed by atoms with E-state index in [0.717, 1.165) is 18.7 Å². The molecule has 2 aliphatic heterocycles. The van der Waals surface area contributed by atoms with Crippen LogP contribution in [0.3, 0.4) is 0 Å². The van der Waals surface area contributed by atoms with E-state index < -0.39 is 0 Å². The molecule has 1 atom stereocenters. The molecule has 2 heterocycles. The van der Waals surface area contributed by atoms with Crippen molar-refractivity contribution in [1.82, 2.24) is 4.90 Å². The molecule has 0 saturated carbocycles. The second-order valence-electron chi connectivity index (χ2n) is 6.25. The number of piperidine rings is 1. The van der Waals surface area contributed by atoms with Gasteiger partial charge in [-0.25, -0.2) is 0 Å². The van der Waals surface area contributed by atoms with Crippen molar-refractivity contribution in [2.45, 2.75) is 32.2 Å². The van der Waals surface area contributed by atoms with Crippen molar-refractivity contribution in [1.29, 1.82) is 0 Å². The molecule has 0 aliphatic carbocycles. The Morgan fingerprint density at radius 2 is 1.91 bits per heavy atom. The van der Waals surface area contributed by atoms with Crippen LogP contribution in [0.25, 0.3) is 0 Å². The van der Waals surface area contributed by atoms with Gasteiger partial charge in [-0.05, 0) is 30.9 Å². The van der Waals surface area contributed by atoms with Gasteiger partial charge in [-0.1, -0.05) is 18.2 Å². The molecule has 0 aromatic heterocycles. The Morgan fingerprint density at radius 3 is 2.59 bits per heavy atom. The highest BCUT2D eigenvalue weighted by molar-refractivity contribution is 5.88. The topological polar surface area (TPSA) is 66.6 Å². The maximum absolute atomic E-state index is 12.1. The first-order valence-corrected chi connectivity index (χ1v) is 8.05. The minimum absolute atomic E-state index is 0.0252. The van der Waals surface area contributed by atoms with Gasteiger partial charge in [0.05, 0.1) is 5.92 Å². The smallest absolute Gasteiger partial charge is 0.223 e. The lowest BCUT2D eigenvalue weighted by molar-refractivity contribution is -0.128. The molecule has 0 bridgehead atoms. The van der Waals surface area contributed by atoms with Gasteiger partial charge in [0.25, 0.3) is 0 Å². The van der Waals surface area contributed by atoms with Gasteiger partial charge in [0, 0.05) is 38.3 Å². The first-order valence-electron chi connectivity index (χ1n) is 8.05. The number of hydrogen-bond donors (Lipinski definition) is 1. The number of carbonyl (C=O) groups excluding carboxylic acids is 2. The van der Waals surface area contributed by atoms with Crippen LogP contribution in [0.4, 0.5) is 5.69 Å². The molecule has 0 spiro atoms. The zero-order valence-electron chi connectivity index (χ0n) is 12.8. The Bertz CT molecular complexity index is 567. The van der Waals surface area contributed by atoms with Gasteiger partial charge in [0.2, 0.25) is 11.8 Å². The van der Waals surface area contributed by atoms with Crippen LogP contribution >= 0.6 is 0 Å². The minimum atomic E-state index is -0.375. The summed E-state index contributed by atoms with van der Waals surface area (Å²) in [6, 6.07) is 8.27. The molecule has 1 aromatic rings. The highest BCUT2D eigenvalue weighted by Gasteiger charge is 2.33. The molecule has 5 heteroatoms. The Hall–Kier alpha value is -2.04. The number of likely N-dealkylation sites (tertiary alicyclic amines) is 1. The number of benzene rings is 1. The SMILES string of the molecule is NC(=O)C1CC(=O)N(Cc2ccccc2N2CCCCC2)C1. The Morgan fingerprint density at radius 1 is 1.18 bits per heavy atom.